The van der Waals surface area contributed by atoms with E-state index in [0.29, 0.717) is 5.92 Å². The van der Waals surface area contributed by atoms with Crippen molar-refractivity contribution in [3.8, 4) is 0 Å². The maximum Gasteiger partial charge on any atom is 0.240 e. The third kappa shape index (κ3) is 5.91. The van der Waals surface area contributed by atoms with Gasteiger partial charge in [0.25, 0.3) is 0 Å². The molecule has 0 saturated heterocycles. The first-order valence-corrected chi connectivity index (χ1v) is 9.26. The largest absolute Gasteiger partial charge is 0.323 e. The van der Waals surface area contributed by atoms with Crippen LogP contribution in [0.2, 0.25) is 0 Å². The molecule has 6 heteroatoms. The molecule has 0 radical (unpaired) electrons. The summed E-state index contributed by atoms with van der Waals surface area (Å²) in [5.41, 5.74) is 8.08. The predicted molar refractivity (Wildman–Crippen MR) is 101 cm³/mol. The van der Waals surface area contributed by atoms with Crippen LogP contribution in [0.15, 0.2) is 59.5 Å². The van der Waals surface area contributed by atoms with Crippen LogP contribution < -0.4 is 10.5 Å². The van der Waals surface area contributed by atoms with Gasteiger partial charge in [-0.05, 0) is 35.6 Å². The van der Waals surface area contributed by atoms with Gasteiger partial charge in [0.2, 0.25) is 10.0 Å². The molecule has 3 N–H and O–H groups in total. The van der Waals surface area contributed by atoms with Crippen LogP contribution >= 0.6 is 12.4 Å². The van der Waals surface area contributed by atoms with Crippen molar-refractivity contribution in [2.75, 3.05) is 6.54 Å². The van der Waals surface area contributed by atoms with E-state index in [0.717, 1.165) is 17.5 Å². The van der Waals surface area contributed by atoms with Crippen LogP contribution in [0.25, 0.3) is 0 Å². The van der Waals surface area contributed by atoms with Crippen molar-refractivity contribution >= 4 is 22.4 Å². The molecule has 0 heterocycles. The number of sulfonamides is 1. The molecule has 24 heavy (non-hydrogen) atoms. The Morgan fingerprint density at radius 2 is 1.58 bits per heavy atom. The molecule has 0 saturated carbocycles. The first-order valence-electron chi connectivity index (χ1n) is 7.77. The molecule has 0 amide bonds. The summed E-state index contributed by atoms with van der Waals surface area (Å²) in [7, 11) is -3.54. The topological polar surface area (TPSA) is 72.2 Å². The number of hydrogen-bond acceptors (Lipinski definition) is 3. The Bertz CT molecular complexity index is 716. The third-order valence-electron chi connectivity index (χ3n) is 3.60. The Kier molecular flexibility index (Phi) is 7.90. The molecule has 0 spiro atoms. The first-order chi connectivity index (χ1) is 10.9. The zero-order valence-electron chi connectivity index (χ0n) is 14.0. The molecular formula is C18H25ClN2O2S. The van der Waals surface area contributed by atoms with Gasteiger partial charge in [-0.1, -0.05) is 56.3 Å². The quantitative estimate of drug-likeness (QED) is 0.787. The van der Waals surface area contributed by atoms with Gasteiger partial charge in [0.05, 0.1) is 4.90 Å². The molecule has 0 aliphatic rings. The second-order valence-corrected chi connectivity index (χ2v) is 7.88. The normalized spacial score (nSPS) is 12.7. The molecule has 4 nitrogen and oxygen atoms in total. The van der Waals surface area contributed by atoms with E-state index < -0.39 is 10.0 Å². The number of halogens is 1. The second kappa shape index (κ2) is 9.18. The Labute approximate surface area is 150 Å². The molecular weight excluding hydrogens is 344 g/mol. The summed E-state index contributed by atoms with van der Waals surface area (Å²) in [6, 6.07) is 16.1. The van der Waals surface area contributed by atoms with Crippen molar-refractivity contribution in [1.29, 1.82) is 0 Å². The highest BCUT2D eigenvalue weighted by molar-refractivity contribution is 7.89. The molecule has 0 bridgehead atoms. The van der Waals surface area contributed by atoms with Crippen LogP contribution in [-0.2, 0) is 16.4 Å². The van der Waals surface area contributed by atoms with Gasteiger partial charge in [-0.2, -0.15) is 0 Å². The summed E-state index contributed by atoms with van der Waals surface area (Å²) in [6.45, 7) is 4.44. The van der Waals surface area contributed by atoms with Crippen molar-refractivity contribution in [2.45, 2.75) is 31.2 Å². The van der Waals surface area contributed by atoms with Gasteiger partial charge in [0.1, 0.15) is 0 Å². The van der Waals surface area contributed by atoms with E-state index in [9.17, 15) is 8.42 Å². The zero-order valence-corrected chi connectivity index (χ0v) is 15.6. The lowest BCUT2D eigenvalue weighted by molar-refractivity contribution is 0.572. The van der Waals surface area contributed by atoms with Crippen LogP contribution in [0, 0.1) is 5.92 Å². The van der Waals surface area contributed by atoms with Gasteiger partial charge >= 0.3 is 0 Å². The fourth-order valence-electron chi connectivity index (χ4n) is 2.38. The van der Waals surface area contributed by atoms with Crippen LogP contribution in [0.3, 0.4) is 0 Å². The Balaban J connectivity index is 0.00000288. The lowest BCUT2D eigenvalue weighted by Gasteiger charge is -2.14. The third-order valence-corrected chi connectivity index (χ3v) is 5.04. The molecule has 2 aromatic carbocycles. The van der Waals surface area contributed by atoms with Crippen LogP contribution in [-0.4, -0.2) is 15.0 Å². The van der Waals surface area contributed by atoms with E-state index in [2.05, 4.69) is 18.6 Å². The molecule has 132 valence electrons. The van der Waals surface area contributed by atoms with Crippen molar-refractivity contribution in [2.24, 2.45) is 11.7 Å². The van der Waals surface area contributed by atoms with E-state index in [1.165, 1.54) is 0 Å². The van der Waals surface area contributed by atoms with E-state index in [1.54, 1.807) is 12.1 Å². The van der Waals surface area contributed by atoms with Crippen molar-refractivity contribution in [1.82, 2.24) is 4.72 Å². The molecule has 0 aromatic heterocycles. The Morgan fingerprint density at radius 3 is 2.12 bits per heavy atom. The SMILES string of the molecule is CC(C)Cc1ccc(S(=O)(=O)NCC(N)c2ccccc2)cc1.Cl. The lowest BCUT2D eigenvalue weighted by atomic mass is 10.0. The molecule has 2 rings (SSSR count). The van der Waals surface area contributed by atoms with Crippen molar-refractivity contribution < 1.29 is 8.42 Å². The van der Waals surface area contributed by atoms with Crippen molar-refractivity contribution in [3.63, 3.8) is 0 Å². The Hall–Kier alpha value is -1.40. The minimum atomic E-state index is -3.54. The molecule has 0 aliphatic carbocycles. The van der Waals surface area contributed by atoms with E-state index >= 15 is 0 Å². The highest BCUT2D eigenvalue weighted by Gasteiger charge is 2.16. The maximum absolute atomic E-state index is 12.3. The average molecular weight is 369 g/mol. The number of nitrogens with two attached hydrogens (primary N) is 1. The molecule has 1 unspecified atom stereocenters. The highest BCUT2D eigenvalue weighted by atomic mass is 35.5. The summed E-state index contributed by atoms with van der Waals surface area (Å²) in [4.78, 5) is 0.269. The predicted octanol–water partition coefficient (Wildman–Crippen LogP) is 3.29. The van der Waals surface area contributed by atoms with E-state index in [-0.39, 0.29) is 29.9 Å². The Morgan fingerprint density at radius 1 is 1.00 bits per heavy atom. The van der Waals surface area contributed by atoms with Crippen LogP contribution in [0.5, 0.6) is 0 Å². The van der Waals surface area contributed by atoms with Crippen LogP contribution in [0.4, 0.5) is 0 Å². The smallest absolute Gasteiger partial charge is 0.240 e. The zero-order chi connectivity index (χ0) is 16.9. The minimum Gasteiger partial charge on any atom is -0.323 e. The number of rotatable bonds is 7. The molecule has 2 aromatic rings. The maximum atomic E-state index is 12.3. The monoisotopic (exact) mass is 368 g/mol. The molecule has 1 atom stereocenters. The summed E-state index contributed by atoms with van der Waals surface area (Å²) in [5, 5.41) is 0. The van der Waals surface area contributed by atoms with Gasteiger partial charge < -0.3 is 5.73 Å². The van der Waals surface area contributed by atoms with E-state index in [4.69, 9.17) is 5.73 Å². The standard InChI is InChI=1S/C18H24N2O2S.ClH/c1-14(2)12-15-8-10-17(11-9-15)23(21,22)20-13-18(19)16-6-4-3-5-7-16;/h3-11,14,18,20H,12-13,19H2,1-2H3;1H. The van der Waals surface area contributed by atoms with E-state index in [1.807, 2.05) is 42.5 Å². The van der Waals surface area contributed by atoms with Gasteiger partial charge in [-0.15, -0.1) is 12.4 Å². The van der Waals surface area contributed by atoms with Crippen molar-refractivity contribution in [3.05, 3.63) is 65.7 Å². The number of nitrogens with one attached hydrogen (secondary N) is 1. The fourth-order valence-corrected chi connectivity index (χ4v) is 3.44. The minimum absolute atomic E-state index is 0. The second-order valence-electron chi connectivity index (χ2n) is 6.11. The summed E-state index contributed by atoms with van der Waals surface area (Å²) < 4.78 is 27.3. The van der Waals surface area contributed by atoms with Gasteiger partial charge in [-0.25, -0.2) is 13.1 Å². The lowest BCUT2D eigenvalue weighted by Crippen LogP contribution is -2.31. The van der Waals surface area contributed by atoms with Gasteiger partial charge in [0.15, 0.2) is 0 Å². The molecule has 0 aliphatic heterocycles. The number of benzene rings is 2. The fraction of sp³-hybridized carbons (Fsp3) is 0.333. The summed E-state index contributed by atoms with van der Waals surface area (Å²) in [6.07, 6.45) is 0.937. The summed E-state index contributed by atoms with van der Waals surface area (Å²) in [5.74, 6) is 0.541. The first kappa shape index (κ1) is 20.6. The highest BCUT2D eigenvalue weighted by Crippen LogP contribution is 2.15. The number of hydrogen-bond donors (Lipinski definition) is 2. The van der Waals surface area contributed by atoms with Gasteiger partial charge in [0, 0.05) is 12.6 Å². The molecule has 0 fully saturated rings. The van der Waals surface area contributed by atoms with Crippen LogP contribution in [0.1, 0.15) is 31.0 Å². The average Bonchev–Trinajstić information content (AvgIpc) is 2.53. The van der Waals surface area contributed by atoms with Gasteiger partial charge in [-0.3, -0.25) is 0 Å². The summed E-state index contributed by atoms with van der Waals surface area (Å²) >= 11 is 0.